The number of carbonyl (C=O) groups is 2. The molecule has 0 saturated heterocycles. The Labute approximate surface area is 138 Å². The largest absolute Gasteiger partial charge is 0.481 e. The second-order valence-corrected chi connectivity index (χ2v) is 8.15. The van der Waals surface area contributed by atoms with E-state index < -0.39 is 33.4 Å². The van der Waals surface area contributed by atoms with Crippen LogP contribution >= 0.6 is 15.9 Å². The van der Waals surface area contributed by atoms with Crippen molar-refractivity contribution in [2.45, 2.75) is 12.7 Å². The van der Waals surface area contributed by atoms with Crippen LogP contribution in [-0.2, 0) is 25.2 Å². The fourth-order valence-electron chi connectivity index (χ4n) is 1.77. The molecule has 0 bridgehead atoms. The highest BCUT2D eigenvalue weighted by atomic mass is 79.9. The molecule has 0 fully saturated rings. The van der Waals surface area contributed by atoms with Crippen LogP contribution in [0.5, 0.6) is 0 Å². The average molecular weight is 392 g/mol. The molecule has 1 amide bonds. The molecule has 122 valence electrons. The molecule has 6 nitrogen and oxygen atoms in total. The molecular weight excluding hydrogens is 374 g/mol. The summed E-state index contributed by atoms with van der Waals surface area (Å²) < 4.78 is 24.9. The van der Waals surface area contributed by atoms with Crippen molar-refractivity contribution in [3.63, 3.8) is 0 Å². The molecule has 0 saturated carbocycles. The van der Waals surface area contributed by atoms with E-state index in [9.17, 15) is 18.0 Å². The third-order valence-corrected chi connectivity index (χ3v) is 5.03. The van der Waals surface area contributed by atoms with Gasteiger partial charge in [-0.05, 0) is 17.7 Å². The van der Waals surface area contributed by atoms with Crippen molar-refractivity contribution >= 4 is 37.6 Å². The zero-order chi connectivity index (χ0) is 16.9. The molecule has 1 atom stereocenters. The smallest absolute Gasteiger partial charge is 0.308 e. The van der Waals surface area contributed by atoms with Crippen LogP contribution in [0.2, 0.25) is 0 Å². The monoisotopic (exact) mass is 391 g/mol. The Hall–Kier alpha value is -1.41. The van der Waals surface area contributed by atoms with E-state index in [1.54, 1.807) is 24.3 Å². The Morgan fingerprint density at radius 1 is 1.27 bits per heavy atom. The number of hydrogen-bond donors (Lipinski definition) is 1. The van der Waals surface area contributed by atoms with Crippen LogP contribution in [0.3, 0.4) is 0 Å². The maximum atomic E-state index is 12.0. The summed E-state index contributed by atoms with van der Waals surface area (Å²) >= 11 is 3.26. The number of nitrogens with zero attached hydrogens (tertiary/aromatic N) is 1. The van der Waals surface area contributed by atoms with Crippen LogP contribution in [0.25, 0.3) is 0 Å². The second kappa shape index (κ2) is 7.73. The van der Waals surface area contributed by atoms with Crippen LogP contribution in [0.1, 0.15) is 12.5 Å². The van der Waals surface area contributed by atoms with Gasteiger partial charge in [-0.15, -0.1) is 0 Å². The predicted octanol–water partition coefficient (Wildman–Crippen LogP) is 1.54. The first-order valence-electron chi connectivity index (χ1n) is 6.52. The lowest BCUT2D eigenvalue weighted by atomic mass is 10.2. The molecule has 0 aliphatic carbocycles. The van der Waals surface area contributed by atoms with Crippen LogP contribution in [-0.4, -0.2) is 49.6 Å². The maximum absolute atomic E-state index is 12.0. The summed E-state index contributed by atoms with van der Waals surface area (Å²) in [5, 5.41) is 8.80. The highest BCUT2D eigenvalue weighted by Crippen LogP contribution is 2.13. The van der Waals surface area contributed by atoms with Crippen LogP contribution in [0, 0.1) is 5.92 Å². The zero-order valence-electron chi connectivity index (χ0n) is 12.3. The summed E-state index contributed by atoms with van der Waals surface area (Å²) in [4.78, 5) is 23.8. The van der Waals surface area contributed by atoms with Crippen LogP contribution < -0.4 is 0 Å². The van der Waals surface area contributed by atoms with Gasteiger partial charge < -0.3 is 10.0 Å². The predicted molar refractivity (Wildman–Crippen MR) is 86.1 cm³/mol. The molecule has 1 aromatic rings. The lowest BCUT2D eigenvalue weighted by molar-refractivity contribution is -0.142. The molecule has 0 aromatic heterocycles. The number of carbonyl (C=O) groups excluding carboxylic acids is 1. The first-order valence-corrected chi connectivity index (χ1v) is 9.14. The van der Waals surface area contributed by atoms with E-state index in [-0.39, 0.29) is 12.3 Å². The third-order valence-electron chi connectivity index (χ3n) is 3.04. The molecular formula is C14H18BrNO5S. The summed E-state index contributed by atoms with van der Waals surface area (Å²) in [6.45, 7) is 1.43. The Balaban J connectivity index is 2.65. The first-order chi connectivity index (χ1) is 10.1. The number of carboxylic acids is 1. The molecule has 0 aliphatic rings. The van der Waals surface area contributed by atoms with E-state index >= 15 is 0 Å². The second-order valence-electron chi connectivity index (χ2n) is 5.17. The first kappa shape index (κ1) is 18.6. The van der Waals surface area contributed by atoms with Crippen molar-refractivity contribution in [2.75, 3.05) is 19.3 Å². The van der Waals surface area contributed by atoms with Gasteiger partial charge in [0.25, 0.3) is 0 Å². The van der Waals surface area contributed by atoms with E-state index in [0.29, 0.717) is 5.56 Å². The van der Waals surface area contributed by atoms with Gasteiger partial charge in [-0.1, -0.05) is 35.0 Å². The topological polar surface area (TPSA) is 91.8 Å². The minimum atomic E-state index is -3.60. The van der Waals surface area contributed by atoms with Crippen molar-refractivity contribution < 1.29 is 23.1 Å². The van der Waals surface area contributed by atoms with E-state index in [0.717, 1.165) is 9.37 Å². The number of amides is 1. The van der Waals surface area contributed by atoms with E-state index in [1.165, 1.54) is 14.0 Å². The fraction of sp³-hybridized carbons (Fsp3) is 0.429. The van der Waals surface area contributed by atoms with Crippen molar-refractivity contribution in [2.24, 2.45) is 5.92 Å². The third kappa shape index (κ3) is 6.15. The molecule has 0 aliphatic heterocycles. The lowest BCUT2D eigenvalue weighted by Crippen LogP contribution is -2.37. The maximum Gasteiger partial charge on any atom is 0.308 e. The number of rotatable bonds is 7. The summed E-state index contributed by atoms with van der Waals surface area (Å²) in [7, 11) is -2.20. The quantitative estimate of drug-likeness (QED) is 0.760. The van der Waals surface area contributed by atoms with Gasteiger partial charge in [0.1, 0.15) is 5.75 Å². The number of hydrogen-bond acceptors (Lipinski definition) is 4. The van der Waals surface area contributed by atoms with Gasteiger partial charge in [0, 0.05) is 18.1 Å². The lowest BCUT2D eigenvalue weighted by Gasteiger charge is -2.19. The Kier molecular flexibility index (Phi) is 6.55. The van der Waals surface area contributed by atoms with Crippen molar-refractivity contribution in [1.29, 1.82) is 0 Å². The van der Waals surface area contributed by atoms with Gasteiger partial charge >= 0.3 is 5.97 Å². The minimum absolute atomic E-state index is 0.0258. The molecule has 1 unspecified atom stereocenters. The number of sulfone groups is 1. The fourth-order valence-corrected chi connectivity index (χ4v) is 3.44. The molecule has 0 spiro atoms. The summed E-state index contributed by atoms with van der Waals surface area (Å²) in [5.74, 6) is -3.24. The average Bonchev–Trinajstić information content (AvgIpc) is 2.40. The summed E-state index contributed by atoms with van der Waals surface area (Å²) in [6, 6.07) is 6.80. The summed E-state index contributed by atoms with van der Waals surface area (Å²) in [5.41, 5.74) is 0.595. The SMILES string of the molecule is CC(CN(C)C(=O)CS(=O)(=O)Cc1ccc(Br)cc1)C(=O)O. The van der Waals surface area contributed by atoms with Gasteiger partial charge in [-0.3, -0.25) is 9.59 Å². The number of benzene rings is 1. The van der Waals surface area contributed by atoms with Crippen LogP contribution in [0.4, 0.5) is 0 Å². The number of halogens is 1. The Bertz CT molecular complexity index is 642. The van der Waals surface area contributed by atoms with Crippen molar-refractivity contribution in [3.8, 4) is 0 Å². The van der Waals surface area contributed by atoms with E-state index in [4.69, 9.17) is 5.11 Å². The van der Waals surface area contributed by atoms with Gasteiger partial charge in [0.2, 0.25) is 5.91 Å². The number of aliphatic carboxylic acids is 1. The van der Waals surface area contributed by atoms with Gasteiger partial charge in [0.05, 0.1) is 11.7 Å². The Morgan fingerprint density at radius 2 is 1.82 bits per heavy atom. The standard InChI is InChI=1S/C14H18BrNO5S/c1-10(14(18)19)7-16(2)13(17)9-22(20,21)8-11-3-5-12(15)6-4-11/h3-6,10H,7-9H2,1-2H3,(H,18,19). The van der Waals surface area contributed by atoms with E-state index in [2.05, 4.69) is 15.9 Å². The molecule has 1 rings (SSSR count). The minimum Gasteiger partial charge on any atom is -0.481 e. The molecule has 8 heteroatoms. The zero-order valence-corrected chi connectivity index (χ0v) is 14.7. The van der Waals surface area contributed by atoms with Gasteiger partial charge in [0.15, 0.2) is 9.84 Å². The Morgan fingerprint density at radius 3 is 2.32 bits per heavy atom. The van der Waals surface area contributed by atoms with Crippen LogP contribution in [0.15, 0.2) is 28.7 Å². The van der Waals surface area contributed by atoms with Gasteiger partial charge in [-0.25, -0.2) is 8.42 Å². The molecule has 0 heterocycles. The molecule has 0 radical (unpaired) electrons. The molecule has 22 heavy (non-hydrogen) atoms. The molecule has 1 N–H and O–H groups in total. The van der Waals surface area contributed by atoms with Gasteiger partial charge in [-0.2, -0.15) is 0 Å². The molecule has 1 aromatic carbocycles. The normalized spacial score (nSPS) is 12.7. The van der Waals surface area contributed by atoms with E-state index in [1.807, 2.05) is 0 Å². The highest BCUT2D eigenvalue weighted by Gasteiger charge is 2.23. The number of carboxylic acid groups (broad SMARTS) is 1. The summed E-state index contributed by atoms with van der Waals surface area (Å²) in [6.07, 6.45) is 0. The van der Waals surface area contributed by atoms with Crippen molar-refractivity contribution in [1.82, 2.24) is 4.90 Å². The highest BCUT2D eigenvalue weighted by molar-refractivity contribution is 9.10. The van der Waals surface area contributed by atoms with Crippen molar-refractivity contribution in [3.05, 3.63) is 34.3 Å².